The molecule has 5 rings (SSSR count). The minimum absolute atomic E-state index is 0.206. The van der Waals surface area contributed by atoms with Gasteiger partial charge in [0.1, 0.15) is 11.5 Å². The van der Waals surface area contributed by atoms with E-state index in [1.807, 2.05) is 55.5 Å². The van der Waals surface area contributed by atoms with Gasteiger partial charge >= 0.3 is 5.76 Å². The monoisotopic (exact) mass is 442 g/mol. The minimum Gasteiger partial charge on any atom is -0.493 e. The number of aromatic nitrogens is 2. The predicted octanol–water partition coefficient (Wildman–Crippen LogP) is 5.00. The highest BCUT2D eigenvalue weighted by Crippen LogP contribution is 2.29. The van der Waals surface area contributed by atoms with Gasteiger partial charge in [-0.2, -0.15) is 0 Å². The molecule has 7 nitrogen and oxygen atoms in total. The quantitative estimate of drug-likeness (QED) is 0.368. The van der Waals surface area contributed by atoms with E-state index in [1.165, 1.54) is 0 Å². The maximum atomic E-state index is 11.1. The zero-order valence-corrected chi connectivity index (χ0v) is 18.0. The Morgan fingerprint density at radius 2 is 1.79 bits per heavy atom. The molecule has 2 aromatic heterocycles. The van der Waals surface area contributed by atoms with Crippen LogP contribution >= 0.6 is 0 Å². The smallest absolute Gasteiger partial charge is 0.419 e. The Hall–Kier alpha value is -4.26. The SMILES string of the molecule is Cc1oc(-c2cccc3ccccc23)nc1CCOc1ccc(Cc2oc(=O)[nH]c2O)cc1. The van der Waals surface area contributed by atoms with Crippen molar-refractivity contribution in [3.63, 3.8) is 0 Å². The van der Waals surface area contributed by atoms with Gasteiger partial charge in [-0.25, -0.2) is 9.78 Å². The van der Waals surface area contributed by atoms with Gasteiger partial charge in [0.05, 0.1) is 12.3 Å². The van der Waals surface area contributed by atoms with Gasteiger partial charge in [0.2, 0.25) is 11.8 Å². The van der Waals surface area contributed by atoms with Crippen molar-refractivity contribution in [1.29, 1.82) is 0 Å². The van der Waals surface area contributed by atoms with Crippen molar-refractivity contribution in [1.82, 2.24) is 9.97 Å². The first-order valence-corrected chi connectivity index (χ1v) is 10.6. The second-order valence-corrected chi connectivity index (χ2v) is 7.75. The van der Waals surface area contributed by atoms with E-state index in [0.717, 1.165) is 33.4 Å². The van der Waals surface area contributed by atoms with Gasteiger partial charge in [0.25, 0.3) is 0 Å². The summed E-state index contributed by atoms with van der Waals surface area (Å²) >= 11 is 0. The highest BCUT2D eigenvalue weighted by Gasteiger charge is 2.14. The van der Waals surface area contributed by atoms with E-state index in [1.54, 1.807) is 0 Å². The Morgan fingerprint density at radius 1 is 1.00 bits per heavy atom. The number of hydrogen-bond acceptors (Lipinski definition) is 6. The van der Waals surface area contributed by atoms with Crippen LogP contribution in [-0.4, -0.2) is 21.7 Å². The number of fused-ring (bicyclic) bond motifs is 1. The number of benzene rings is 3. The molecule has 166 valence electrons. The second-order valence-electron chi connectivity index (χ2n) is 7.75. The molecule has 2 heterocycles. The maximum Gasteiger partial charge on any atom is 0.419 e. The molecule has 0 atom stereocenters. The maximum absolute atomic E-state index is 11.1. The zero-order chi connectivity index (χ0) is 22.8. The average Bonchev–Trinajstić information content (AvgIpc) is 3.35. The molecule has 0 spiro atoms. The number of aryl methyl sites for hydroxylation is 1. The number of H-pyrrole nitrogens is 1. The first kappa shape index (κ1) is 20.6. The lowest BCUT2D eigenvalue weighted by Crippen LogP contribution is -2.03. The third kappa shape index (κ3) is 4.39. The molecule has 5 aromatic rings. The van der Waals surface area contributed by atoms with E-state index in [9.17, 15) is 9.90 Å². The highest BCUT2D eigenvalue weighted by molar-refractivity contribution is 5.94. The van der Waals surface area contributed by atoms with Crippen LogP contribution in [0, 0.1) is 6.92 Å². The summed E-state index contributed by atoms with van der Waals surface area (Å²) in [6, 6.07) is 21.7. The van der Waals surface area contributed by atoms with Gasteiger partial charge in [-0.15, -0.1) is 0 Å². The number of nitrogens with one attached hydrogen (secondary N) is 1. The topological polar surface area (TPSA) is 101 Å². The van der Waals surface area contributed by atoms with Crippen LogP contribution in [0.5, 0.6) is 11.6 Å². The van der Waals surface area contributed by atoms with Gasteiger partial charge in [-0.05, 0) is 41.5 Å². The number of aromatic hydroxyl groups is 1. The third-order valence-corrected chi connectivity index (χ3v) is 5.51. The van der Waals surface area contributed by atoms with Crippen LogP contribution in [0.1, 0.15) is 22.8 Å². The fourth-order valence-electron chi connectivity index (χ4n) is 3.81. The largest absolute Gasteiger partial charge is 0.493 e. The molecule has 0 bridgehead atoms. The number of rotatable bonds is 7. The van der Waals surface area contributed by atoms with Gasteiger partial charge < -0.3 is 18.7 Å². The first-order chi connectivity index (χ1) is 16.1. The Kier molecular flexibility index (Phi) is 5.44. The van der Waals surface area contributed by atoms with Crippen molar-refractivity contribution in [2.24, 2.45) is 0 Å². The Labute approximate surface area is 189 Å². The lowest BCUT2D eigenvalue weighted by molar-refractivity contribution is 0.320. The second kappa shape index (κ2) is 8.70. The van der Waals surface area contributed by atoms with Crippen molar-refractivity contribution in [3.05, 3.63) is 100 Å². The summed E-state index contributed by atoms with van der Waals surface area (Å²) in [5, 5.41) is 11.9. The van der Waals surface area contributed by atoms with Crippen molar-refractivity contribution in [2.75, 3.05) is 6.61 Å². The van der Waals surface area contributed by atoms with Crippen molar-refractivity contribution < 1.29 is 18.7 Å². The Bertz CT molecular complexity index is 1460. The van der Waals surface area contributed by atoms with Gasteiger partial charge in [-0.1, -0.05) is 48.5 Å². The molecule has 3 aromatic carbocycles. The summed E-state index contributed by atoms with van der Waals surface area (Å²) < 4.78 is 16.8. The number of hydrogen-bond donors (Lipinski definition) is 2. The van der Waals surface area contributed by atoms with Crippen LogP contribution in [0.15, 0.2) is 80.4 Å². The minimum atomic E-state index is -0.672. The van der Waals surface area contributed by atoms with Crippen LogP contribution in [0.2, 0.25) is 0 Å². The fraction of sp³-hybridized carbons (Fsp3) is 0.154. The third-order valence-electron chi connectivity index (χ3n) is 5.51. The number of aromatic amines is 1. The summed E-state index contributed by atoms with van der Waals surface area (Å²) in [5.74, 6) is 1.40. The number of ether oxygens (including phenoxy) is 1. The molecule has 0 radical (unpaired) electrons. The van der Waals surface area contributed by atoms with E-state index in [0.29, 0.717) is 31.1 Å². The first-order valence-electron chi connectivity index (χ1n) is 10.6. The Morgan fingerprint density at radius 3 is 2.58 bits per heavy atom. The molecule has 0 unspecified atom stereocenters. The van der Waals surface area contributed by atoms with Crippen molar-refractivity contribution in [2.45, 2.75) is 19.8 Å². The van der Waals surface area contributed by atoms with Crippen molar-refractivity contribution in [3.8, 4) is 23.1 Å². The molecular weight excluding hydrogens is 420 g/mol. The fourth-order valence-corrected chi connectivity index (χ4v) is 3.81. The Balaban J connectivity index is 1.23. The molecule has 2 N–H and O–H groups in total. The molecular formula is C26H22N2O5. The molecule has 0 saturated heterocycles. The van der Waals surface area contributed by atoms with Gasteiger partial charge in [0, 0.05) is 18.4 Å². The lowest BCUT2D eigenvalue weighted by atomic mass is 10.0. The van der Waals surface area contributed by atoms with Crippen LogP contribution < -0.4 is 10.5 Å². The summed E-state index contributed by atoms with van der Waals surface area (Å²) in [5.41, 5.74) is 2.73. The zero-order valence-electron chi connectivity index (χ0n) is 18.0. The number of oxazole rings is 2. The molecule has 0 fully saturated rings. The van der Waals surface area contributed by atoms with E-state index < -0.39 is 5.76 Å². The number of nitrogens with zero attached hydrogens (tertiary/aromatic N) is 1. The molecule has 33 heavy (non-hydrogen) atoms. The van der Waals surface area contributed by atoms with Crippen LogP contribution in [-0.2, 0) is 12.8 Å². The summed E-state index contributed by atoms with van der Waals surface area (Å²) in [7, 11) is 0. The highest BCUT2D eigenvalue weighted by atomic mass is 16.5. The summed E-state index contributed by atoms with van der Waals surface area (Å²) in [6.07, 6.45) is 0.921. The molecule has 0 aliphatic rings. The molecule has 0 amide bonds. The lowest BCUT2D eigenvalue weighted by Gasteiger charge is -2.06. The molecule has 7 heteroatoms. The van der Waals surface area contributed by atoms with Crippen LogP contribution in [0.4, 0.5) is 0 Å². The van der Waals surface area contributed by atoms with E-state index in [-0.39, 0.29) is 11.6 Å². The molecule has 0 aliphatic heterocycles. The van der Waals surface area contributed by atoms with Crippen LogP contribution in [0.3, 0.4) is 0 Å². The van der Waals surface area contributed by atoms with Crippen LogP contribution in [0.25, 0.3) is 22.2 Å². The van der Waals surface area contributed by atoms with Gasteiger partial charge in [0.15, 0.2) is 5.76 Å². The predicted molar refractivity (Wildman–Crippen MR) is 124 cm³/mol. The van der Waals surface area contributed by atoms with E-state index in [2.05, 4.69) is 23.2 Å². The average molecular weight is 442 g/mol. The van der Waals surface area contributed by atoms with Gasteiger partial charge in [-0.3, -0.25) is 4.98 Å². The molecule has 0 saturated carbocycles. The summed E-state index contributed by atoms with van der Waals surface area (Å²) in [6.45, 7) is 2.37. The van der Waals surface area contributed by atoms with Crippen molar-refractivity contribution >= 4 is 10.8 Å². The normalized spacial score (nSPS) is 11.2. The molecule has 0 aliphatic carbocycles. The van der Waals surface area contributed by atoms with E-state index >= 15 is 0 Å². The summed E-state index contributed by atoms with van der Waals surface area (Å²) in [4.78, 5) is 18.1. The van der Waals surface area contributed by atoms with E-state index in [4.69, 9.17) is 18.6 Å². The standard InChI is InChI=1S/C26H22N2O5/c1-16-22(27-25(32-16)21-8-4-6-18-5-2-3-7-20(18)21)13-14-31-19-11-9-17(10-12-19)15-23-24(29)28-26(30)33-23/h2-12,29H,13-15H2,1H3,(H,28,30).